The van der Waals surface area contributed by atoms with Gasteiger partial charge in [0.1, 0.15) is 23.8 Å². The number of carbonyl (C=O) groups excluding carboxylic acids is 5. The number of aromatic nitrogens is 1. The summed E-state index contributed by atoms with van der Waals surface area (Å²) in [4.78, 5) is 79.7. The number of fused-ring (bicyclic) bond motifs is 2. The van der Waals surface area contributed by atoms with Crippen molar-refractivity contribution in [3.05, 3.63) is 73.6 Å². The quantitative estimate of drug-likeness (QED) is 0.162. The molecule has 5 heterocycles. The van der Waals surface area contributed by atoms with Crippen LogP contribution in [0.5, 0.6) is 0 Å². The van der Waals surface area contributed by atoms with Gasteiger partial charge in [0.05, 0.1) is 40.8 Å². The van der Waals surface area contributed by atoms with Crippen LogP contribution in [-0.4, -0.2) is 94.2 Å². The minimum atomic E-state index is -1.62. The first-order valence-corrected chi connectivity index (χ1v) is 17.4. The van der Waals surface area contributed by atoms with E-state index in [0.29, 0.717) is 5.52 Å². The Morgan fingerprint density at radius 3 is 2.37 bits per heavy atom. The molecular weight excluding hydrogens is 727 g/mol. The third kappa shape index (κ3) is 7.76. The van der Waals surface area contributed by atoms with Crippen molar-refractivity contribution in [2.45, 2.75) is 36.7 Å². The number of aliphatic carboxylic acids is 1. The van der Waals surface area contributed by atoms with Crippen molar-refractivity contribution in [2.24, 2.45) is 0 Å². The van der Waals surface area contributed by atoms with Gasteiger partial charge in [0.2, 0.25) is 5.91 Å². The maximum Gasteiger partial charge on any atom is 1.00 e. The Morgan fingerprint density at radius 1 is 1.02 bits per heavy atom. The standard InChI is InChI=1S/C32H30FN5O9S2.2Na/c33-21-11-19-22(37(17-3-4-17)13-20(27(19)40)30(42)43)12-23(21)35-5-7-36(8-6-35)32(46)47-14-16-15-49-29-25(28(41)38(29)26(16)31(44)45)34-24(39)10-18-2-1-9-48-18;;/h1-2,9,11-13,17,25,29H,3-8,10,14-15H2,(H,34,39)(H,42,43)(H,44,45);;/q;2*+1/p-2/t25-,29-;;/m1../s1. The summed E-state index contributed by atoms with van der Waals surface area (Å²) in [7, 11) is 0. The SMILES string of the molecule is O=C(Cc1cccs1)N[C@@H]1C(=O)N2C(C(=O)[O-])=C(COC(=O)N3CCN(c4cc5c(cc4F)c(=O)c(C(=O)[O-])cn5C4CC4)CC3)CS[C@H]12.[Na+].[Na+]. The van der Waals surface area contributed by atoms with Crippen LogP contribution >= 0.6 is 23.1 Å². The molecule has 2 saturated heterocycles. The fraction of sp³-hybridized carbons (Fsp3) is 0.375. The van der Waals surface area contributed by atoms with E-state index in [0.717, 1.165) is 28.7 Å². The Balaban J connectivity index is 0.00000252. The van der Waals surface area contributed by atoms with Gasteiger partial charge in [-0.15, -0.1) is 23.1 Å². The number of β-lactam (4-membered cyclic amide) rings is 1. The van der Waals surface area contributed by atoms with Crippen LogP contribution in [-0.2, 0) is 25.5 Å². The molecule has 1 N–H and O–H groups in total. The number of carboxylic acid groups (broad SMARTS) is 2. The Kier molecular flexibility index (Phi) is 12.3. The fourth-order valence-electron chi connectivity index (χ4n) is 6.35. The van der Waals surface area contributed by atoms with E-state index >= 15 is 4.39 Å². The molecule has 256 valence electrons. The first-order valence-electron chi connectivity index (χ1n) is 15.5. The minimum absolute atomic E-state index is 0. The third-order valence-corrected chi connectivity index (χ3v) is 11.2. The summed E-state index contributed by atoms with van der Waals surface area (Å²) in [5.41, 5.74) is -0.919. The van der Waals surface area contributed by atoms with E-state index < -0.39 is 58.8 Å². The number of piperazine rings is 1. The van der Waals surface area contributed by atoms with Crippen LogP contribution in [0.2, 0.25) is 0 Å². The first kappa shape index (κ1) is 39.3. The first-order chi connectivity index (χ1) is 23.5. The van der Waals surface area contributed by atoms with Crippen LogP contribution in [0.1, 0.15) is 34.1 Å². The number of benzene rings is 1. The van der Waals surface area contributed by atoms with E-state index in [1.54, 1.807) is 15.5 Å². The zero-order chi connectivity index (χ0) is 34.6. The third-order valence-electron chi connectivity index (χ3n) is 8.98. The number of aromatic carboxylic acids is 1. The second-order valence-electron chi connectivity index (χ2n) is 12.1. The van der Waals surface area contributed by atoms with E-state index in [4.69, 9.17) is 4.74 Å². The molecule has 4 aliphatic rings. The van der Waals surface area contributed by atoms with Gasteiger partial charge in [0.25, 0.3) is 5.91 Å². The number of hydrogen-bond acceptors (Lipinski definition) is 12. The normalized spacial score (nSPS) is 19.8. The number of anilines is 1. The van der Waals surface area contributed by atoms with Crippen molar-refractivity contribution in [2.75, 3.05) is 43.4 Å². The Bertz CT molecular complexity index is 2000. The van der Waals surface area contributed by atoms with E-state index in [-0.39, 0.29) is 132 Å². The molecule has 0 bridgehead atoms. The number of thiophene rings is 1. The van der Waals surface area contributed by atoms with Crippen LogP contribution < -0.4 is 85.0 Å². The summed E-state index contributed by atoms with van der Waals surface area (Å²) in [5.74, 6) is -4.74. The number of amides is 3. The molecule has 19 heteroatoms. The molecule has 1 aromatic carbocycles. The zero-order valence-electron chi connectivity index (χ0n) is 27.7. The molecule has 0 spiro atoms. The average Bonchev–Trinajstić information content (AvgIpc) is 3.80. The molecular formula is C32H28FN5Na2O9S2. The molecule has 3 aliphatic heterocycles. The van der Waals surface area contributed by atoms with Crippen LogP contribution in [0.25, 0.3) is 10.9 Å². The maximum atomic E-state index is 15.3. The molecule has 7 rings (SSSR count). The minimum Gasteiger partial charge on any atom is -0.545 e. The number of carboxylic acids is 2. The second kappa shape index (κ2) is 16.0. The summed E-state index contributed by atoms with van der Waals surface area (Å²) < 4.78 is 22.5. The van der Waals surface area contributed by atoms with Crippen LogP contribution in [0.4, 0.5) is 14.9 Å². The zero-order valence-corrected chi connectivity index (χ0v) is 33.4. The number of carbonyl (C=O) groups is 5. The van der Waals surface area contributed by atoms with Crippen molar-refractivity contribution >= 4 is 69.5 Å². The number of hydrogen-bond donors (Lipinski definition) is 1. The number of thioether (sulfide) groups is 1. The topological polar surface area (TPSA) is 184 Å². The van der Waals surface area contributed by atoms with Gasteiger partial charge in [-0.25, -0.2) is 9.18 Å². The number of nitrogens with one attached hydrogen (secondary N) is 1. The summed E-state index contributed by atoms with van der Waals surface area (Å²) in [6, 6.07) is 5.29. The fourth-order valence-corrected chi connectivity index (χ4v) is 8.38. The molecule has 0 radical (unpaired) electrons. The predicted molar refractivity (Wildman–Crippen MR) is 171 cm³/mol. The van der Waals surface area contributed by atoms with Gasteiger partial charge in [0.15, 0.2) is 5.43 Å². The molecule has 2 aromatic heterocycles. The molecule has 2 atom stereocenters. The molecule has 3 aromatic rings. The van der Waals surface area contributed by atoms with Gasteiger partial charge in [-0.3, -0.25) is 19.3 Å². The maximum absolute atomic E-state index is 15.3. The summed E-state index contributed by atoms with van der Waals surface area (Å²) in [6.45, 7) is 0.336. The van der Waals surface area contributed by atoms with Crippen LogP contribution in [0, 0.1) is 5.82 Å². The second-order valence-corrected chi connectivity index (χ2v) is 14.2. The Morgan fingerprint density at radius 2 is 1.75 bits per heavy atom. The summed E-state index contributed by atoms with van der Waals surface area (Å²) >= 11 is 2.65. The molecule has 1 aliphatic carbocycles. The molecule has 1 saturated carbocycles. The van der Waals surface area contributed by atoms with Gasteiger partial charge in [-0.2, -0.15) is 0 Å². The Hall–Kier alpha value is -2.90. The number of rotatable bonds is 9. The Labute approximate surface area is 342 Å². The smallest absolute Gasteiger partial charge is 0.545 e. The van der Waals surface area contributed by atoms with Gasteiger partial charge in [-0.05, 0) is 36.4 Å². The number of pyridine rings is 1. The molecule has 14 nitrogen and oxygen atoms in total. The van der Waals surface area contributed by atoms with Gasteiger partial charge in [-0.1, -0.05) is 6.07 Å². The molecule has 51 heavy (non-hydrogen) atoms. The van der Waals surface area contributed by atoms with Crippen molar-refractivity contribution in [1.29, 1.82) is 0 Å². The molecule has 0 unspecified atom stereocenters. The number of ether oxygens (including phenoxy) is 1. The van der Waals surface area contributed by atoms with Gasteiger partial charge >= 0.3 is 65.2 Å². The van der Waals surface area contributed by atoms with Gasteiger partial charge < -0.3 is 44.2 Å². The molecule has 3 fully saturated rings. The van der Waals surface area contributed by atoms with E-state index in [2.05, 4.69) is 5.32 Å². The van der Waals surface area contributed by atoms with Crippen LogP contribution in [0.15, 0.2) is 51.9 Å². The van der Waals surface area contributed by atoms with Crippen molar-refractivity contribution < 1.29 is 102 Å². The largest absolute Gasteiger partial charge is 1.00 e. The number of halogens is 1. The monoisotopic (exact) mass is 755 g/mol. The van der Waals surface area contributed by atoms with E-state index in [1.807, 2.05) is 11.4 Å². The number of nitrogens with zero attached hydrogens (tertiary/aromatic N) is 4. The summed E-state index contributed by atoms with van der Waals surface area (Å²) in [5, 5.41) is 27.5. The van der Waals surface area contributed by atoms with Crippen molar-refractivity contribution in [3.63, 3.8) is 0 Å². The van der Waals surface area contributed by atoms with Crippen molar-refractivity contribution in [1.82, 2.24) is 19.7 Å². The summed E-state index contributed by atoms with van der Waals surface area (Å²) in [6.07, 6.45) is 2.22. The van der Waals surface area contributed by atoms with E-state index in [1.165, 1.54) is 40.3 Å². The predicted octanol–water partition coefficient (Wildman–Crippen LogP) is -6.19. The van der Waals surface area contributed by atoms with Gasteiger partial charge in [0, 0.05) is 60.0 Å². The van der Waals surface area contributed by atoms with Crippen molar-refractivity contribution in [3.8, 4) is 0 Å². The van der Waals surface area contributed by atoms with Crippen LogP contribution in [0.3, 0.4) is 0 Å². The molecule has 3 amide bonds. The average molecular weight is 756 g/mol. The van der Waals surface area contributed by atoms with E-state index in [9.17, 15) is 39.0 Å².